The first kappa shape index (κ1) is 24.6. The van der Waals surface area contributed by atoms with Gasteiger partial charge in [0.2, 0.25) is 0 Å². The highest BCUT2D eigenvalue weighted by Crippen LogP contribution is 2.26. The monoisotopic (exact) mass is 510 g/mol. The molecule has 1 amide bonds. The van der Waals surface area contributed by atoms with Crippen LogP contribution in [0.15, 0.2) is 59.6 Å². The lowest BCUT2D eigenvalue weighted by molar-refractivity contribution is 0.0602. The summed E-state index contributed by atoms with van der Waals surface area (Å²) >= 11 is 0. The molecule has 1 aliphatic carbocycles. The van der Waals surface area contributed by atoms with Crippen molar-refractivity contribution in [1.82, 2.24) is 14.8 Å². The van der Waals surface area contributed by atoms with Gasteiger partial charge in [-0.2, -0.15) is 0 Å². The summed E-state index contributed by atoms with van der Waals surface area (Å²) in [4.78, 5) is 21.3. The number of rotatable bonds is 6. The molecule has 0 radical (unpaired) electrons. The van der Waals surface area contributed by atoms with Crippen molar-refractivity contribution in [3.05, 3.63) is 66.1 Å². The molecule has 0 bridgehead atoms. The molecule has 1 saturated carbocycles. The number of sulfonamides is 1. The number of aromatic nitrogens is 1. The van der Waals surface area contributed by atoms with Crippen molar-refractivity contribution in [2.75, 3.05) is 37.4 Å². The van der Waals surface area contributed by atoms with Crippen LogP contribution in [0, 0.1) is 11.7 Å². The Labute approximate surface area is 211 Å². The molecule has 2 aromatic carbocycles. The minimum atomic E-state index is -4.01. The van der Waals surface area contributed by atoms with Crippen molar-refractivity contribution in [3.8, 4) is 0 Å². The zero-order chi connectivity index (χ0) is 25.1. The summed E-state index contributed by atoms with van der Waals surface area (Å²) in [6.07, 6.45) is 8.07. The summed E-state index contributed by atoms with van der Waals surface area (Å²) in [6, 6.07) is 12.2. The van der Waals surface area contributed by atoms with E-state index in [-0.39, 0.29) is 22.1 Å². The lowest BCUT2D eigenvalue weighted by atomic mass is 9.89. The number of fused-ring (bicyclic) bond motifs is 1. The van der Waals surface area contributed by atoms with Gasteiger partial charge in [-0.15, -0.1) is 0 Å². The van der Waals surface area contributed by atoms with Gasteiger partial charge in [0.15, 0.2) is 0 Å². The second kappa shape index (κ2) is 10.5. The predicted molar refractivity (Wildman–Crippen MR) is 138 cm³/mol. The third-order valence-corrected chi connectivity index (χ3v) is 8.65. The van der Waals surface area contributed by atoms with Gasteiger partial charge in [0.1, 0.15) is 10.7 Å². The number of hydrogen-bond donors (Lipinski definition) is 1. The number of hydrogen-bond acceptors (Lipinski definition) is 5. The Kier molecular flexibility index (Phi) is 7.20. The normalized spacial score (nSPS) is 17.9. The van der Waals surface area contributed by atoms with E-state index in [1.54, 1.807) is 29.2 Å². The number of halogens is 1. The van der Waals surface area contributed by atoms with Crippen LogP contribution in [-0.2, 0) is 10.0 Å². The van der Waals surface area contributed by atoms with Crippen LogP contribution in [0.25, 0.3) is 10.9 Å². The van der Waals surface area contributed by atoms with E-state index in [9.17, 15) is 17.6 Å². The number of pyridine rings is 1. The molecule has 0 atom stereocenters. The SMILES string of the molecule is O=C(c1ccc(NS(=O)(=O)c2cccc3cccnc23)cc1F)N1CCN(CC2CCCCC2)CC1. The zero-order valence-corrected chi connectivity index (χ0v) is 21.0. The van der Waals surface area contributed by atoms with E-state index in [1.165, 1.54) is 56.5 Å². The van der Waals surface area contributed by atoms with Gasteiger partial charge in [0.05, 0.1) is 16.8 Å². The second-order valence-electron chi connectivity index (χ2n) is 9.73. The first-order valence-electron chi connectivity index (χ1n) is 12.6. The fourth-order valence-corrected chi connectivity index (χ4v) is 6.52. The maximum Gasteiger partial charge on any atom is 0.264 e. The van der Waals surface area contributed by atoms with E-state index in [1.807, 2.05) is 0 Å². The van der Waals surface area contributed by atoms with Crippen LogP contribution in [0.4, 0.5) is 10.1 Å². The number of anilines is 1. The van der Waals surface area contributed by atoms with E-state index in [0.29, 0.717) is 24.0 Å². The van der Waals surface area contributed by atoms with Gasteiger partial charge >= 0.3 is 0 Å². The number of amides is 1. The number of nitrogens with zero attached hydrogens (tertiary/aromatic N) is 3. The van der Waals surface area contributed by atoms with Crippen molar-refractivity contribution in [2.24, 2.45) is 5.92 Å². The van der Waals surface area contributed by atoms with Gasteiger partial charge in [0.25, 0.3) is 15.9 Å². The maximum absolute atomic E-state index is 15.0. The van der Waals surface area contributed by atoms with Gasteiger partial charge < -0.3 is 4.90 Å². The lowest BCUT2D eigenvalue weighted by Gasteiger charge is -2.37. The third-order valence-electron chi connectivity index (χ3n) is 7.24. The van der Waals surface area contributed by atoms with Crippen LogP contribution in [0.3, 0.4) is 0 Å². The summed E-state index contributed by atoms with van der Waals surface area (Å²) in [7, 11) is -4.01. The first-order chi connectivity index (χ1) is 17.4. The minimum absolute atomic E-state index is 0.00672. The standard InChI is InChI=1S/C27H31FN4O3S/c28-24-18-22(30-36(34,35)25-10-4-8-21-9-5-13-29-26(21)25)11-12-23(24)27(33)32-16-14-31(15-17-32)19-20-6-2-1-3-7-20/h4-5,8-13,18,20,30H,1-3,6-7,14-17,19H2. The molecule has 190 valence electrons. The maximum atomic E-state index is 15.0. The number of carbonyl (C=O) groups excluding carboxylic acids is 1. The van der Waals surface area contributed by atoms with Gasteiger partial charge in [-0.1, -0.05) is 37.5 Å². The Balaban J connectivity index is 1.24. The molecular weight excluding hydrogens is 479 g/mol. The molecular formula is C27H31FN4O3S. The number of nitrogens with one attached hydrogen (secondary N) is 1. The second-order valence-corrected chi connectivity index (χ2v) is 11.4. The average molecular weight is 511 g/mol. The quantitative estimate of drug-likeness (QED) is 0.528. The first-order valence-corrected chi connectivity index (χ1v) is 14.1. The largest absolute Gasteiger partial charge is 0.336 e. The van der Waals surface area contributed by atoms with Crippen LogP contribution in [0.5, 0.6) is 0 Å². The van der Waals surface area contributed by atoms with Gasteiger partial charge in [-0.05, 0) is 49.1 Å². The number of benzene rings is 2. The Hall–Kier alpha value is -3.04. The summed E-state index contributed by atoms with van der Waals surface area (Å²) in [5, 5.41) is 0.686. The Morgan fingerprint density at radius 3 is 2.50 bits per heavy atom. The fourth-order valence-electron chi connectivity index (χ4n) is 5.29. The van der Waals surface area contributed by atoms with Crippen molar-refractivity contribution in [2.45, 2.75) is 37.0 Å². The smallest absolute Gasteiger partial charge is 0.264 e. The molecule has 9 heteroatoms. The van der Waals surface area contributed by atoms with Crippen LogP contribution < -0.4 is 4.72 Å². The molecule has 2 aliphatic rings. The summed E-state index contributed by atoms with van der Waals surface area (Å²) in [6.45, 7) is 3.79. The molecule has 2 fully saturated rings. The van der Waals surface area contributed by atoms with Crippen LogP contribution in [-0.4, -0.2) is 61.8 Å². The van der Waals surface area contributed by atoms with E-state index in [2.05, 4.69) is 14.6 Å². The molecule has 3 aromatic rings. The van der Waals surface area contributed by atoms with Crippen LogP contribution in [0.2, 0.25) is 0 Å². The van der Waals surface area contributed by atoms with Crippen molar-refractivity contribution < 1.29 is 17.6 Å². The Morgan fingerprint density at radius 1 is 1.00 bits per heavy atom. The highest BCUT2D eigenvalue weighted by atomic mass is 32.2. The third kappa shape index (κ3) is 5.37. The Morgan fingerprint density at radius 2 is 1.75 bits per heavy atom. The lowest BCUT2D eigenvalue weighted by Crippen LogP contribution is -2.50. The van der Waals surface area contributed by atoms with Gasteiger partial charge in [0, 0.05) is 44.3 Å². The number of para-hydroxylation sites is 1. The molecule has 0 spiro atoms. The van der Waals surface area contributed by atoms with Gasteiger partial charge in [-0.25, -0.2) is 12.8 Å². The van der Waals surface area contributed by atoms with Crippen LogP contribution in [0.1, 0.15) is 42.5 Å². The fraction of sp³-hybridized carbons (Fsp3) is 0.407. The predicted octanol–water partition coefficient (Wildman–Crippen LogP) is 4.51. The molecule has 1 aromatic heterocycles. The van der Waals surface area contributed by atoms with Crippen molar-refractivity contribution >= 4 is 32.5 Å². The van der Waals surface area contributed by atoms with Crippen molar-refractivity contribution in [3.63, 3.8) is 0 Å². The summed E-state index contributed by atoms with van der Waals surface area (Å²) in [5.74, 6) is -0.363. The van der Waals surface area contributed by atoms with Crippen LogP contribution >= 0.6 is 0 Å². The van der Waals surface area contributed by atoms with E-state index in [0.717, 1.165) is 31.6 Å². The molecule has 2 heterocycles. The zero-order valence-electron chi connectivity index (χ0n) is 20.2. The molecule has 7 nitrogen and oxygen atoms in total. The summed E-state index contributed by atoms with van der Waals surface area (Å²) in [5.41, 5.74) is 0.335. The number of piperazine rings is 1. The molecule has 0 unspecified atom stereocenters. The van der Waals surface area contributed by atoms with Gasteiger partial charge in [-0.3, -0.25) is 19.4 Å². The molecule has 36 heavy (non-hydrogen) atoms. The highest BCUT2D eigenvalue weighted by molar-refractivity contribution is 7.93. The summed E-state index contributed by atoms with van der Waals surface area (Å²) < 4.78 is 43.4. The van der Waals surface area contributed by atoms with E-state index in [4.69, 9.17) is 0 Å². The Bertz CT molecular complexity index is 1340. The topological polar surface area (TPSA) is 82.6 Å². The molecule has 1 saturated heterocycles. The van der Waals surface area contributed by atoms with Crippen molar-refractivity contribution in [1.29, 1.82) is 0 Å². The minimum Gasteiger partial charge on any atom is -0.336 e. The molecule has 5 rings (SSSR count). The highest BCUT2D eigenvalue weighted by Gasteiger charge is 2.26. The average Bonchev–Trinajstić information content (AvgIpc) is 2.89. The van der Waals surface area contributed by atoms with E-state index < -0.39 is 15.8 Å². The molecule has 1 aliphatic heterocycles. The number of carbonyl (C=O) groups is 1. The van der Waals surface area contributed by atoms with E-state index >= 15 is 0 Å². The molecule has 1 N–H and O–H groups in total.